The van der Waals surface area contributed by atoms with Crippen LogP contribution >= 0.6 is 0 Å². The number of rotatable bonds is 5. The van der Waals surface area contributed by atoms with Gasteiger partial charge in [-0.05, 0) is 12.0 Å². The number of aliphatic hydroxyl groups excluding tert-OH is 3. The number of hydrogen-bond acceptors (Lipinski definition) is 9. The largest absolute Gasteiger partial charge is 0.469 e. The van der Waals surface area contributed by atoms with Gasteiger partial charge in [0.05, 0.1) is 19.1 Å². The van der Waals surface area contributed by atoms with Gasteiger partial charge in [-0.3, -0.25) is 4.79 Å². The van der Waals surface area contributed by atoms with Crippen LogP contribution in [0.1, 0.15) is 18.2 Å². The third kappa shape index (κ3) is 3.04. The third-order valence-corrected chi connectivity index (χ3v) is 4.33. The van der Waals surface area contributed by atoms with E-state index < -0.39 is 31.1 Å². The highest BCUT2D eigenvalue weighted by molar-refractivity contribution is 5.90. The Morgan fingerprint density at radius 3 is 2.80 bits per heavy atom. The van der Waals surface area contributed by atoms with Crippen molar-refractivity contribution in [1.82, 2.24) is 14.5 Å². The van der Waals surface area contributed by atoms with E-state index >= 15 is 0 Å². The normalized spacial score (nSPS) is 26.2. The quantitative estimate of drug-likeness (QED) is 0.482. The molecular weight excluding hydrogens is 332 g/mol. The Hall–Kier alpha value is -2.27. The molecule has 1 fully saturated rings. The third-order valence-electron chi connectivity index (χ3n) is 4.33. The van der Waals surface area contributed by atoms with Gasteiger partial charge in [0.2, 0.25) is 0 Å². The number of nitrogens with two attached hydrogens (primary N) is 1. The summed E-state index contributed by atoms with van der Waals surface area (Å²) in [5.74, 6) is -0.139. The average molecular weight is 352 g/mol. The summed E-state index contributed by atoms with van der Waals surface area (Å²) in [5, 5.41) is 30.0. The number of fused-ring (bicyclic) bond motifs is 1. The van der Waals surface area contributed by atoms with Crippen LogP contribution in [0.4, 0.5) is 5.82 Å². The first-order valence-corrected chi connectivity index (χ1v) is 7.77. The Morgan fingerprint density at radius 1 is 1.40 bits per heavy atom. The fraction of sp³-hybridized carbons (Fsp3) is 0.533. The van der Waals surface area contributed by atoms with Crippen molar-refractivity contribution >= 4 is 22.8 Å². The van der Waals surface area contributed by atoms with Crippen LogP contribution in [0.5, 0.6) is 0 Å². The summed E-state index contributed by atoms with van der Waals surface area (Å²) in [6.45, 7) is -0.430. The summed E-state index contributed by atoms with van der Waals surface area (Å²) >= 11 is 0. The summed E-state index contributed by atoms with van der Waals surface area (Å²) in [5.41, 5.74) is 7.05. The molecule has 2 aromatic heterocycles. The topological polar surface area (TPSA) is 153 Å². The Balaban J connectivity index is 2.01. The monoisotopic (exact) mass is 352 g/mol. The second-order valence-corrected chi connectivity index (χ2v) is 5.82. The van der Waals surface area contributed by atoms with Gasteiger partial charge < -0.3 is 35.1 Å². The zero-order valence-electron chi connectivity index (χ0n) is 13.6. The van der Waals surface area contributed by atoms with E-state index in [-0.39, 0.29) is 18.2 Å². The molecule has 0 spiro atoms. The molecule has 1 saturated heterocycles. The maximum atomic E-state index is 11.4. The van der Waals surface area contributed by atoms with E-state index in [0.29, 0.717) is 23.0 Å². The second kappa shape index (κ2) is 6.92. The second-order valence-electron chi connectivity index (χ2n) is 5.82. The molecule has 0 saturated carbocycles. The molecule has 1 aliphatic rings. The highest BCUT2D eigenvalue weighted by Crippen LogP contribution is 2.34. The van der Waals surface area contributed by atoms with E-state index in [1.54, 1.807) is 6.20 Å². The Bertz CT molecular complexity index is 779. The lowest BCUT2D eigenvalue weighted by molar-refractivity contribution is -0.140. The maximum absolute atomic E-state index is 11.4. The number of nitrogens with zero attached hydrogens (tertiary/aromatic N) is 3. The molecule has 3 heterocycles. The lowest BCUT2D eigenvalue weighted by Gasteiger charge is -2.17. The predicted octanol–water partition coefficient (Wildman–Crippen LogP) is -1.27. The molecule has 0 aromatic carbocycles. The van der Waals surface area contributed by atoms with Gasteiger partial charge in [0.1, 0.15) is 36.1 Å². The van der Waals surface area contributed by atoms with Gasteiger partial charge in [0.25, 0.3) is 0 Å². The van der Waals surface area contributed by atoms with Gasteiger partial charge in [-0.25, -0.2) is 9.97 Å². The van der Waals surface area contributed by atoms with Crippen molar-refractivity contribution in [3.05, 3.63) is 18.1 Å². The summed E-state index contributed by atoms with van der Waals surface area (Å²) < 4.78 is 11.7. The van der Waals surface area contributed by atoms with E-state index in [1.807, 2.05) is 0 Å². The Morgan fingerprint density at radius 2 is 2.16 bits per heavy atom. The Kier molecular flexibility index (Phi) is 4.86. The number of esters is 1. The van der Waals surface area contributed by atoms with Crippen molar-refractivity contribution in [2.75, 3.05) is 19.5 Å². The molecule has 4 atom stereocenters. The predicted molar refractivity (Wildman–Crippen MR) is 85.3 cm³/mol. The summed E-state index contributed by atoms with van der Waals surface area (Å²) in [6, 6.07) is 0. The van der Waals surface area contributed by atoms with Gasteiger partial charge in [-0.15, -0.1) is 0 Å². The molecule has 3 rings (SSSR count). The van der Waals surface area contributed by atoms with E-state index in [9.17, 15) is 20.1 Å². The number of aromatic nitrogens is 3. The maximum Gasteiger partial charge on any atom is 0.305 e. The molecule has 2 aromatic rings. The molecule has 10 heteroatoms. The van der Waals surface area contributed by atoms with Crippen LogP contribution in [0.3, 0.4) is 0 Å². The molecular formula is C15H20N4O6. The fourth-order valence-electron chi connectivity index (χ4n) is 3.02. The minimum atomic E-state index is -1.25. The standard InChI is InChI=1S/C15H20N4O6/c1-24-9(21)3-2-7-4-19(14-10(7)13(16)17-6-18-14)15-12(23)11(22)8(5-20)25-15/h4,6,8,11-12,15,20,22-23H,2-3,5H2,1H3,(H2,16,17,18). The van der Waals surface area contributed by atoms with E-state index in [2.05, 4.69) is 14.7 Å². The molecule has 10 nitrogen and oxygen atoms in total. The van der Waals surface area contributed by atoms with Gasteiger partial charge in [-0.2, -0.15) is 0 Å². The minimum absolute atomic E-state index is 0.139. The van der Waals surface area contributed by atoms with Crippen molar-refractivity contribution < 1.29 is 29.6 Å². The van der Waals surface area contributed by atoms with Crippen LogP contribution in [-0.2, 0) is 20.7 Å². The smallest absolute Gasteiger partial charge is 0.305 e. The SMILES string of the molecule is COC(=O)CCc1cn(C2OC(CO)C(O)C2O)c2ncnc(N)c12. The van der Waals surface area contributed by atoms with Crippen molar-refractivity contribution in [1.29, 1.82) is 0 Å². The number of nitrogen functional groups attached to an aromatic ring is 1. The number of ether oxygens (including phenoxy) is 2. The van der Waals surface area contributed by atoms with Crippen molar-refractivity contribution in [3.8, 4) is 0 Å². The van der Waals surface area contributed by atoms with Crippen LogP contribution in [-0.4, -0.2) is 67.9 Å². The van der Waals surface area contributed by atoms with Gasteiger partial charge >= 0.3 is 5.97 Å². The van der Waals surface area contributed by atoms with Gasteiger partial charge in [-0.1, -0.05) is 0 Å². The van der Waals surface area contributed by atoms with E-state index in [4.69, 9.17) is 10.5 Å². The summed E-state index contributed by atoms with van der Waals surface area (Å²) in [7, 11) is 1.31. The first kappa shape index (κ1) is 17.5. The van der Waals surface area contributed by atoms with Crippen LogP contribution in [0.25, 0.3) is 11.0 Å². The molecule has 0 radical (unpaired) electrons. The zero-order valence-corrected chi connectivity index (χ0v) is 13.6. The fourth-order valence-corrected chi connectivity index (χ4v) is 3.02. The van der Waals surface area contributed by atoms with Crippen molar-refractivity contribution in [3.63, 3.8) is 0 Å². The number of carbonyl (C=O) groups excluding carboxylic acids is 1. The molecule has 136 valence electrons. The van der Waals surface area contributed by atoms with Crippen molar-refractivity contribution in [2.24, 2.45) is 0 Å². The van der Waals surface area contributed by atoms with E-state index in [0.717, 1.165) is 0 Å². The highest BCUT2D eigenvalue weighted by atomic mass is 16.6. The average Bonchev–Trinajstić information content (AvgIpc) is 3.12. The Labute approximate surface area is 142 Å². The molecule has 4 unspecified atom stereocenters. The van der Waals surface area contributed by atoms with Crippen LogP contribution < -0.4 is 5.73 Å². The number of anilines is 1. The van der Waals surface area contributed by atoms with Gasteiger partial charge in [0.15, 0.2) is 6.23 Å². The van der Waals surface area contributed by atoms with Crippen LogP contribution in [0.2, 0.25) is 0 Å². The lowest BCUT2D eigenvalue weighted by atomic mass is 10.1. The van der Waals surface area contributed by atoms with E-state index in [1.165, 1.54) is 18.0 Å². The number of methoxy groups -OCH3 is 1. The molecule has 5 N–H and O–H groups in total. The number of hydrogen-bond donors (Lipinski definition) is 4. The molecule has 0 bridgehead atoms. The summed E-state index contributed by atoms with van der Waals surface area (Å²) in [4.78, 5) is 19.6. The van der Waals surface area contributed by atoms with Gasteiger partial charge in [0, 0.05) is 12.6 Å². The van der Waals surface area contributed by atoms with Crippen LogP contribution in [0, 0.1) is 0 Å². The number of carbonyl (C=O) groups is 1. The molecule has 0 amide bonds. The van der Waals surface area contributed by atoms with Crippen LogP contribution in [0.15, 0.2) is 12.5 Å². The minimum Gasteiger partial charge on any atom is -0.469 e. The number of aliphatic hydroxyl groups is 3. The summed E-state index contributed by atoms with van der Waals surface area (Å²) in [6.07, 6.45) is -0.936. The molecule has 0 aliphatic carbocycles. The lowest BCUT2D eigenvalue weighted by Crippen LogP contribution is -2.33. The first-order valence-electron chi connectivity index (χ1n) is 7.77. The highest BCUT2D eigenvalue weighted by Gasteiger charge is 2.44. The van der Waals surface area contributed by atoms with Crippen molar-refractivity contribution in [2.45, 2.75) is 37.4 Å². The molecule has 1 aliphatic heterocycles. The number of aryl methyl sites for hydroxylation is 1. The molecule has 25 heavy (non-hydrogen) atoms. The first-order chi connectivity index (χ1) is 12.0. The zero-order chi connectivity index (χ0) is 18.1.